The van der Waals surface area contributed by atoms with Crippen LogP contribution in [0.5, 0.6) is 5.75 Å². The number of thiophene rings is 1. The standard InChI is InChI=1S/C29H29N3O5S/c1-6-32(7-2)28(34)25-17(3)24(29(35)37-5)27(38-25)31-26(33)21-16-23(18-11-10-12-19(15-18)36-4)30-22-14-9-8-13-20(21)22/h8-16H,6-7H2,1-5H3,(H,31,33). The number of benzene rings is 2. The highest BCUT2D eigenvalue weighted by molar-refractivity contribution is 7.18. The van der Waals surface area contributed by atoms with Crippen molar-refractivity contribution >= 4 is 45.0 Å². The lowest BCUT2D eigenvalue weighted by atomic mass is 10.0. The number of hydrogen-bond acceptors (Lipinski definition) is 7. The molecule has 0 spiro atoms. The zero-order valence-electron chi connectivity index (χ0n) is 22.0. The lowest BCUT2D eigenvalue weighted by Crippen LogP contribution is -2.30. The Balaban J connectivity index is 1.81. The van der Waals surface area contributed by atoms with E-state index < -0.39 is 11.9 Å². The maximum absolute atomic E-state index is 13.7. The number of rotatable bonds is 8. The third kappa shape index (κ3) is 5.10. The third-order valence-electron chi connectivity index (χ3n) is 6.33. The van der Waals surface area contributed by atoms with Crippen LogP contribution >= 0.6 is 11.3 Å². The van der Waals surface area contributed by atoms with E-state index in [1.807, 2.05) is 62.4 Å². The average Bonchev–Trinajstić information content (AvgIpc) is 3.27. The molecule has 0 unspecified atom stereocenters. The molecule has 2 heterocycles. The second kappa shape index (κ2) is 11.4. The van der Waals surface area contributed by atoms with Crippen molar-refractivity contribution < 1.29 is 23.9 Å². The van der Waals surface area contributed by atoms with E-state index in [0.29, 0.717) is 51.4 Å². The van der Waals surface area contributed by atoms with Crippen LogP contribution in [0.4, 0.5) is 5.00 Å². The van der Waals surface area contributed by atoms with Crippen LogP contribution in [0.25, 0.3) is 22.2 Å². The summed E-state index contributed by atoms with van der Waals surface area (Å²) in [6.07, 6.45) is 0. The van der Waals surface area contributed by atoms with Crippen LogP contribution < -0.4 is 10.1 Å². The number of carbonyl (C=O) groups is 3. The number of pyridine rings is 1. The van der Waals surface area contributed by atoms with Gasteiger partial charge in [-0.05, 0) is 50.6 Å². The van der Waals surface area contributed by atoms with E-state index in [9.17, 15) is 14.4 Å². The van der Waals surface area contributed by atoms with Crippen LogP contribution in [0.15, 0.2) is 54.6 Å². The number of anilines is 1. The molecule has 0 aliphatic rings. The van der Waals surface area contributed by atoms with Crippen LogP contribution in [0, 0.1) is 6.92 Å². The normalized spacial score (nSPS) is 10.8. The summed E-state index contributed by atoms with van der Waals surface area (Å²) in [4.78, 5) is 46.4. The molecule has 38 heavy (non-hydrogen) atoms. The first kappa shape index (κ1) is 26.8. The smallest absolute Gasteiger partial charge is 0.341 e. The van der Waals surface area contributed by atoms with Gasteiger partial charge in [0.05, 0.1) is 41.4 Å². The van der Waals surface area contributed by atoms with Crippen LogP contribution in [-0.4, -0.2) is 55.0 Å². The van der Waals surface area contributed by atoms with Crippen molar-refractivity contribution in [1.82, 2.24) is 9.88 Å². The molecular weight excluding hydrogens is 502 g/mol. The molecule has 2 amide bonds. The number of hydrogen-bond donors (Lipinski definition) is 1. The number of nitrogens with one attached hydrogen (secondary N) is 1. The predicted octanol–water partition coefficient (Wildman–Crippen LogP) is 5.80. The van der Waals surface area contributed by atoms with Gasteiger partial charge in [-0.1, -0.05) is 30.3 Å². The summed E-state index contributed by atoms with van der Waals surface area (Å²) in [6, 6.07) is 16.5. The van der Waals surface area contributed by atoms with Crippen LogP contribution in [0.3, 0.4) is 0 Å². The highest BCUT2D eigenvalue weighted by Crippen LogP contribution is 2.36. The Morgan fingerprint density at radius 3 is 2.42 bits per heavy atom. The molecule has 9 heteroatoms. The van der Waals surface area contributed by atoms with E-state index in [2.05, 4.69) is 5.32 Å². The van der Waals surface area contributed by atoms with Crippen molar-refractivity contribution in [3.8, 4) is 17.0 Å². The van der Waals surface area contributed by atoms with Gasteiger partial charge in [0.25, 0.3) is 11.8 Å². The number of amides is 2. The van der Waals surface area contributed by atoms with Crippen LogP contribution in [0.2, 0.25) is 0 Å². The van der Waals surface area contributed by atoms with Gasteiger partial charge in [0, 0.05) is 24.0 Å². The zero-order valence-corrected chi connectivity index (χ0v) is 22.8. The highest BCUT2D eigenvalue weighted by atomic mass is 32.1. The molecule has 0 radical (unpaired) electrons. The fourth-order valence-electron chi connectivity index (χ4n) is 4.27. The van der Waals surface area contributed by atoms with Crippen molar-refractivity contribution in [2.24, 2.45) is 0 Å². The summed E-state index contributed by atoms with van der Waals surface area (Å²) in [5.41, 5.74) is 3.07. The molecule has 0 saturated heterocycles. The van der Waals surface area contributed by atoms with E-state index in [-0.39, 0.29) is 16.5 Å². The van der Waals surface area contributed by atoms with Crippen molar-refractivity contribution in [1.29, 1.82) is 0 Å². The minimum Gasteiger partial charge on any atom is -0.497 e. The van der Waals surface area contributed by atoms with Crippen LogP contribution in [0.1, 0.15) is 49.8 Å². The molecule has 4 rings (SSSR count). The van der Waals surface area contributed by atoms with Crippen molar-refractivity contribution in [3.05, 3.63) is 76.2 Å². The van der Waals surface area contributed by atoms with Crippen molar-refractivity contribution in [2.45, 2.75) is 20.8 Å². The van der Waals surface area contributed by atoms with Gasteiger partial charge in [-0.25, -0.2) is 9.78 Å². The predicted molar refractivity (Wildman–Crippen MR) is 149 cm³/mol. The lowest BCUT2D eigenvalue weighted by molar-refractivity contribution is 0.0601. The number of fused-ring (bicyclic) bond motifs is 1. The number of nitrogens with zero attached hydrogens (tertiary/aromatic N) is 2. The van der Waals surface area contributed by atoms with E-state index in [4.69, 9.17) is 14.5 Å². The molecule has 0 fully saturated rings. The van der Waals surface area contributed by atoms with Gasteiger partial charge in [-0.15, -0.1) is 11.3 Å². The Morgan fingerprint density at radius 1 is 1.00 bits per heavy atom. The SMILES string of the molecule is CCN(CC)C(=O)c1sc(NC(=O)c2cc(-c3cccc(OC)c3)nc3ccccc23)c(C(=O)OC)c1C. The van der Waals surface area contributed by atoms with Crippen LogP contribution in [-0.2, 0) is 4.74 Å². The highest BCUT2D eigenvalue weighted by Gasteiger charge is 2.28. The Labute approximate surface area is 225 Å². The summed E-state index contributed by atoms with van der Waals surface area (Å²) in [7, 11) is 2.86. The number of ether oxygens (including phenoxy) is 2. The first-order valence-electron chi connectivity index (χ1n) is 12.2. The number of para-hydroxylation sites is 1. The molecule has 0 saturated carbocycles. The summed E-state index contributed by atoms with van der Waals surface area (Å²) < 4.78 is 10.3. The Bertz CT molecular complexity index is 1520. The van der Waals surface area contributed by atoms with E-state index >= 15 is 0 Å². The first-order valence-corrected chi connectivity index (χ1v) is 13.0. The fourth-order valence-corrected chi connectivity index (χ4v) is 5.43. The maximum Gasteiger partial charge on any atom is 0.341 e. The molecule has 0 bridgehead atoms. The molecule has 2 aromatic carbocycles. The number of esters is 1. The molecule has 4 aromatic rings. The summed E-state index contributed by atoms with van der Waals surface area (Å²) in [5, 5.41) is 3.80. The summed E-state index contributed by atoms with van der Waals surface area (Å²) in [6.45, 7) is 6.53. The van der Waals surface area contributed by atoms with Gasteiger partial charge < -0.3 is 19.7 Å². The van der Waals surface area contributed by atoms with E-state index in [1.54, 1.807) is 25.0 Å². The maximum atomic E-state index is 13.7. The number of aromatic nitrogens is 1. The summed E-state index contributed by atoms with van der Waals surface area (Å²) in [5.74, 6) is -0.575. The minimum absolute atomic E-state index is 0.174. The number of carbonyl (C=O) groups excluding carboxylic acids is 3. The Morgan fingerprint density at radius 2 is 1.74 bits per heavy atom. The van der Waals surface area contributed by atoms with Gasteiger partial charge in [0.15, 0.2) is 0 Å². The Kier molecular flexibility index (Phi) is 8.07. The zero-order chi connectivity index (χ0) is 27.4. The molecule has 196 valence electrons. The molecular formula is C29H29N3O5S. The monoisotopic (exact) mass is 531 g/mol. The average molecular weight is 532 g/mol. The molecule has 1 N–H and O–H groups in total. The first-order chi connectivity index (χ1) is 18.3. The Hall–Kier alpha value is -4.24. The molecule has 0 aliphatic carbocycles. The lowest BCUT2D eigenvalue weighted by Gasteiger charge is -2.17. The molecule has 0 atom stereocenters. The van der Waals surface area contributed by atoms with Gasteiger partial charge in [0.1, 0.15) is 10.8 Å². The topological polar surface area (TPSA) is 97.8 Å². The fraction of sp³-hybridized carbons (Fsp3) is 0.241. The number of methoxy groups -OCH3 is 2. The third-order valence-corrected chi connectivity index (χ3v) is 7.53. The van der Waals surface area contributed by atoms with Crippen molar-refractivity contribution in [3.63, 3.8) is 0 Å². The van der Waals surface area contributed by atoms with Gasteiger partial charge in [0.2, 0.25) is 0 Å². The van der Waals surface area contributed by atoms with Gasteiger partial charge >= 0.3 is 5.97 Å². The largest absolute Gasteiger partial charge is 0.497 e. The molecule has 8 nitrogen and oxygen atoms in total. The second-order valence-corrected chi connectivity index (χ2v) is 9.51. The van der Waals surface area contributed by atoms with Gasteiger partial charge in [-0.2, -0.15) is 0 Å². The van der Waals surface area contributed by atoms with Crippen molar-refractivity contribution in [2.75, 3.05) is 32.6 Å². The van der Waals surface area contributed by atoms with E-state index in [1.165, 1.54) is 7.11 Å². The minimum atomic E-state index is -0.621. The molecule has 0 aliphatic heterocycles. The second-order valence-electron chi connectivity index (χ2n) is 8.49. The molecule has 2 aromatic heterocycles. The summed E-state index contributed by atoms with van der Waals surface area (Å²) >= 11 is 1.07. The quantitative estimate of drug-likeness (QED) is 0.289. The van der Waals surface area contributed by atoms with Gasteiger partial charge in [-0.3, -0.25) is 9.59 Å². The van der Waals surface area contributed by atoms with E-state index in [0.717, 1.165) is 16.9 Å².